The fourth-order valence-electron chi connectivity index (χ4n) is 2.49. The molecule has 0 fully saturated rings. The zero-order valence-electron chi connectivity index (χ0n) is 15.1. The van der Waals surface area contributed by atoms with Crippen molar-refractivity contribution in [3.8, 4) is 0 Å². The van der Waals surface area contributed by atoms with Gasteiger partial charge in [0.2, 0.25) is 0 Å². The number of carbonyl (C=O) groups is 1. The smallest absolute Gasteiger partial charge is 0.269 e. The summed E-state index contributed by atoms with van der Waals surface area (Å²) in [4.78, 5) is 22.6. The molecule has 8 heteroatoms. The minimum atomic E-state index is -3.70. The van der Waals surface area contributed by atoms with Crippen molar-refractivity contribution < 1.29 is 18.1 Å². The molecule has 146 valence electrons. The van der Waals surface area contributed by atoms with Crippen molar-refractivity contribution >= 4 is 33.3 Å². The number of non-ortho nitro benzene ring substituents is 1. The molecule has 0 saturated carbocycles. The van der Waals surface area contributed by atoms with Crippen LogP contribution in [0.1, 0.15) is 15.9 Å². The molecule has 0 bridgehead atoms. The molecule has 0 aliphatic carbocycles. The van der Waals surface area contributed by atoms with Crippen molar-refractivity contribution in [2.45, 2.75) is 4.90 Å². The molecule has 0 amide bonds. The summed E-state index contributed by atoms with van der Waals surface area (Å²) in [5, 5.41) is 10.6. The number of nitro groups is 1. The Morgan fingerprint density at radius 2 is 1.52 bits per heavy atom. The van der Waals surface area contributed by atoms with E-state index in [2.05, 4.69) is 4.72 Å². The number of hydrogen-bond acceptors (Lipinski definition) is 5. The van der Waals surface area contributed by atoms with Gasteiger partial charge in [0.15, 0.2) is 5.78 Å². The predicted molar refractivity (Wildman–Crippen MR) is 110 cm³/mol. The molecule has 0 atom stereocenters. The lowest BCUT2D eigenvalue weighted by Gasteiger charge is -2.08. The lowest BCUT2D eigenvalue weighted by molar-refractivity contribution is -0.384. The Balaban J connectivity index is 1.68. The first-order chi connectivity index (χ1) is 13.8. The van der Waals surface area contributed by atoms with Crippen molar-refractivity contribution in [3.63, 3.8) is 0 Å². The molecule has 0 spiro atoms. The Hall–Kier alpha value is -3.78. The topological polar surface area (TPSA) is 106 Å². The van der Waals surface area contributed by atoms with E-state index in [0.29, 0.717) is 16.8 Å². The minimum absolute atomic E-state index is 0.0259. The Bertz CT molecular complexity index is 1150. The van der Waals surface area contributed by atoms with Crippen LogP contribution in [0.5, 0.6) is 0 Å². The SMILES string of the molecule is O=C(/C=C/c1ccc([N+](=O)[O-])cc1)c1ccc(NS(=O)(=O)c2ccccc2)cc1. The first-order valence-electron chi connectivity index (χ1n) is 8.50. The lowest BCUT2D eigenvalue weighted by atomic mass is 10.1. The van der Waals surface area contributed by atoms with E-state index in [1.165, 1.54) is 54.6 Å². The maximum absolute atomic E-state index is 12.3. The summed E-state index contributed by atoms with van der Waals surface area (Å²) in [5.41, 5.74) is 1.34. The van der Waals surface area contributed by atoms with Crippen molar-refractivity contribution in [2.24, 2.45) is 0 Å². The summed E-state index contributed by atoms with van der Waals surface area (Å²) in [6.07, 6.45) is 2.91. The summed E-state index contributed by atoms with van der Waals surface area (Å²) in [6, 6.07) is 19.8. The number of benzene rings is 3. The van der Waals surface area contributed by atoms with Gasteiger partial charge in [0.1, 0.15) is 0 Å². The van der Waals surface area contributed by atoms with Gasteiger partial charge in [-0.3, -0.25) is 19.6 Å². The van der Waals surface area contributed by atoms with Crippen LogP contribution in [0.4, 0.5) is 11.4 Å². The van der Waals surface area contributed by atoms with E-state index in [4.69, 9.17) is 0 Å². The standard InChI is InChI=1S/C21H16N2O5S/c24-21(15-8-16-6-13-19(14-7-16)23(25)26)17-9-11-18(12-10-17)22-29(27,28)20-4-2-1-3-5-20/h1-15,22H/b15-8+. The number of rotatable bonds is 7. The van der Waals surface area contributed by atoms with Crippen molar-refractivity contribution in [1.29, 1.82) is 0 Å². The maximum Gasteiger partial charge on any atom is 0.269 e. The van der Waals surface area contributed by atoms with E-state index in [1.807, 2.05) is 0 Å². The molecular weight excluding hydrogens is 392 g/mol. The number of anilines is 1. The van der Waals surface area contributed by atoms with E-state index < -0.39 is 14.9 Å². The highest BCUT2D eigenvalue weighted by Gasteiger charge is 2.13. The zero-order valence-corrected chi connectivity index (χ0v) is 15.9. The fraction of sp³-hybridized carbons (Fsp3) is 0. The molecule has 0 aromatic heterocycles. The normalized spacial score (nSPS) is 11.3. The quantitative estimate of drug-likeness (QED) is 0.272. The molecule has 3 rings (SSSR count). The number of nitrogens with one attached hydrogen (secondary N) is 1. The van der Waals surface area contributed by atoms with Crippen molar-refractivity contribution in [2.75, 3.05) is 4.72 Å². The van der Waals surface area contributed by atoms with Crippen LogP contribution in [0.2, 0.25) is 0 Å². The number of sulfonamides is 1. The Morgan fingerprint density at radius 1 is 0.897 bits per heavy atom. The minimum Gasteiger partial charge on any atom is -0.289 e. The second-order valence-corrected chi connectivity index (χ2v) is 7.72. The number of nitro benzene ring substituents is 1. The maximum atomic E-state index is 12.3. The number of carbonyl (C=O) groups excluding carboxylic acids is 1. The summed E-state index contributed by atoms with van der Waals surface area (Å²) in [7, 11) is -3.70. The first-order valence-corrected chi connectivity index (χ1v) is 9.98. The van der Waals surface area contributed by atoms with E-state index in [9.17, 15) is 23.3 Å². The molecule has 0 unspecified atom stereocenters. The van der Waals surface area contributed by atoms with Crippen LogP contribution in [0.25, 0.3) is 6.08 Å². The number of hydrogen-bond donors (Lipinski definition) is 1. The molecule has 0 aliphatic rings. The van der Waals surface area contributed by atoms with Crippen LogP contribution in [-0.4, -0.2) is 19.1 Å². The summed E-state index contributed by atoms with van der Waals surface area (Å²) in [5.74, 6) is -0.277. The molecule has 29 heavy (non-hydrogen) atoms. The second-order valence-electron chi connectivity index (χ2n) is 6.04. The lowest BCUT2D eigenvalue weighted by Crippen LogP contribution is -2.12. The zero-order chi connectivity index (χ0) is 20.9. The van der Waals surface area contributed by atoms with Gasteiger partial charge in [0.25, 0.3) is 15.7 Å². The second kappa shape index (κ2) is 8.49. The van der Waals surface area contributed by atoms with E-state index >= 15 is 0 Å². The van der Waals surface area contributed by atoms with Crippen LogP contribution in [-0.2, 0) is 10.0 Å². The van der Waals surface area contributed by atoms with Gasteiger partial charge in [0, 0.05) is 23.4 Å². The molecule has 0 radical (unpaired) electrons. The highest BCUT2D eigenvalue weighted by molar-refractivity contribution is 7.92. The van der Waals surface area contributed by atoms with E-state index in [-0.39, 0.29) is 16.4 Å². The fourth-order valence-corrected chi connectivity index (χ4v) is 3.57. The summed E-state index contributed by atoms with van der Waals surface area (Å²) in [6.45, 7) is 0. The van der Waals surface area contributed by atoms with Gasteiger partial charge in [-0.2, -0.15) is 0 Å². The average Bonchev–Trinajstić information content (AvgIpc) is 2.73. The van der Waals surface area contributed by atoms with Crippen LogP contribution in [0.3, 0.4) is 0 Å². The number of allylic oxidation sites excluding steroid dienone is 1. The predicted octanol–water partition coefficient (Wildman–Crippen LogP) is 4.29. The Labute approximate surface area is 167 Å². The Morgan fingerprint density at radius 3 is 2.10 bits per heavy atom. The van der Waals surface area contributed by atoms with Crippen LogP contribution in [0.15, 0.2) is 89.8 Å². The third-order valence-electron chi connectivity index (χ3n) is 4.01. The number of nitrogens with zero attached hydrogens (tertiary/aromatic N) is 1. The molecule has 0 saturated heterocycles. The van der Waals surface area contributed by atoms with Crippen molar-refractivity contribution in [1.82, 2.24) is 0 Å². The van der Waals surface area contributed by atoms with Crippen LogP contribution >= 0.6 is 0 Å². The highest BCUT2D eigenvalue weighted by atomic mass is 32.2. The molecule has 0 heterocycles. The molecular formula is C21H16N2O5S. The summed E-state index contributed by atoms with van der Waals surface area (Å²) < 4.78 is 27.1. The van der Waals surface area contributed by atoms with Crippen LogP contribution < -0.4 is 4.72 Å². The van der Waals surface area contributed by atoms with Crippen molar-refractivity contribution in [3.05, 3.63) is 106 Å². The molecule has 1 N–H and O–H groups in total. The molecule has 7 nitrogen and oxygen atoms in total. The average molecular weight is 408 g/mol. The van der Waals surface area contributed by atoms with Crippen LogP contribution in [0, 0.1) is 10.1 Å². The highest BCUT2D eigenvalue weighted by Crippen LogP contribution is 2.17. The first kappa shape index (κ1) is 20.0. The largest absolute Gasteiger partial charge is 0.289 e. The molecule has 3 aromatic carbocycles. The van der Waals surface area contributed by atoms with Gasteiger partial charge >= 0.3 is 0 Å². The summed E-state index contributed by atoms with van der Waals surface area (Å²) >= 11 is 0. The van der Waals surface area contributed by atoms with Gasteiger partial charge in [-0.15, -0.1) is 0 Å². The van der Waals surface area contributed by atoms with Gasteiger partial charge < -0.3 is 0 Å². The third-order valence-corrected chi connectivity index (χ3v) is 5.40. The van der Waals surface area contributed by atoms with E-state index in [1.54, 1.807) is 36.4 Å². The Kier molecular flexibility index (Phi) is 5.85. The molecule has 3 aromatic rings. The molecule has 0 aliphatic heterocycles. The monoisotopic (exact) mass is 408 g/mol. The van der Waals surface area contributed by atoms with Gasteiger partial charge in [-0.1, -0.05) is 24.3 Å². The third kappa shape index (κ3) is 5.14. The van der Waals surface area contributed by atoms with Gasteiger partial charge in [0.05, 0.1) is 9.82 Å². The van der Waals surface area contributed by atoms with E-state index in [0.717, 1.165) is 0 Å². The number of ketones is 1. The van der Waals surface area contributed by atoms with Gasteiger partial charge in [-0.25, -0.2) is 8.42 Å². The van der Waals surface area contributed by atoms with Gasteiger partial charge in [-0.05, 0) is 60.2 Å².